The van der Waals surface area contributed by atoms with Gasteiger partial charge in [-0.2, -0.15) is 0 Å². The van der Waals surface area contributed by atoms with Crippen LogP contribution in [0.4, 0.5) is 5.69 Å². The van der Waals surface area contributed by atoms with Gasteiger partial charge in [0.1, 0.15) is 0 Å². The SMILES string of the molecule is Cc1ccc(C)c(NC(=O)CN(C)C(=O)Cc2ccccc2Cl)c1. The molecule has 0 saturated carbocycles. The highest BCUT2D eigenvalue weighted by molar-refractivity contribution is 6.31. The van der Waals surface area contributed by atoms with Crippen molar-refractivity contribution in [3.8, 4) is 0 Å². The van der Waals surface area contributed by atoms with Crippen molar-refractivity contribution in [2.75, 3.05) is 18.9 Å². The van der Waals surface area contributed by atoms with Crippen molar-refractivity contribution in [3.05, 3.63) is 64.2 Å². The van der Waals surface area contributed by atoms with Crippen molar-refractivity contribution in [3.63, 3.8) is 0 Å². The summed E-state index contributed by atoms with van der Waals surface area (Å²) in [6, 6.07) is 13.1. The van der Waals surface area contributed by atoms with Gasteiger partial charge in [-0.15, -0.1) is 0 Å². The second-order valence-electron chi connectivity index (χ2n) is 5.88. The van der Waals surface area contributed by atoms with Crippen LogP contribution in [0.2, 0.25) is 5.02 Å². The van der Waals surface area contributed by atoms with E-state index in [1.807, 2.05) is 50.2 Å². The highest BCUT2D eigenvalue weighted by Crippen LogP contribution is 2.17. The Labute approximate surface area is 147 Å². The maximum atomic E-state index is 12.3. The van der Waals surface area contributed by atoms with Crippen LogP contribution in [0.5, 0.6) is 0 Å². The molecule has 2 rings (SSSR count). The minimum absolute atomic E-state index is 0.00331. The first-order valence-corrected chi connectivity index (χ1v) is 8.09. The lowest BCUT2D eigenvalue weighted by atomic mass is 10.1. The first kappa shape index (κ1) is 18.0. The molecule has 2 aromatic rings. The van der Waals surface area contributed by atoms with E-state index in [1.165, 1.54) is 4.90 Å². The van der Waals surface area contributed by atoms with E-state index in [-0.39, 0.29) is 24.8 Å². The normalized spacial score (nSPS) is 10.3. The molecule has 5 heteroatoms. The van der Waals surface area contributed by atoms with E-state index in [0.717, 1.165) is 22.4 Å². The average Bonchev–Trinajstić information content (AvgIpc) is 2.53. The van der Waals surface area contributed by atoms with E-state index in [9.17, 15) is 9.59 Å². The molecule has 0 bridgehead atoms. The molecule has 0 radical (unpaired) electrons. The maximum Gasteiger partial charge on any atom is 0.243 e. The zero-order valence-electron chi connectivity index (χ0n) is 14.1. The van der Waals surface area contributed by atoms with Crippen LogP contribution in [0.25, 0.3) is 0 Å². The van der Waals surface area contributed by atoms with Gasteiger partial charge in [-0.1, -0.05) is 41.9 Å². The van der Waals surface area contributed by atoms with Gasteiger partial charge in [0.25, 0.3) is 0 Å². The number of likely N-dealkylation sites (N-methyl/N-ethyl adjacent to an activating group) is 1. The first-order valence-electron chi connectivity index (χ1n) is 7.71. The summed E-state index contributed by atoms with van der Waals surface area (Å²) in [6.45, 7) is 3.90. The maximum absolute atomic E-state index is 12.3. The number of amides is 2. The Hall–Kier alpha value is -2.33. The molecular formula is C19H21ClN2O2. The molecular weight excluding hydrogens is 324 g/mol. The Morgan fingerprint density at radius 3 is 2.54 bits per heavy atom. The van der Waals surface area contributed by atoms with Gasteiger partial charge in [0, 0.05) is 17.8 Å². The largest absolute Gasteiger partial charge is 0.336 e. The van der Waals surface area contributed by atoms with Gasteiger partial charge in [-0.3, -0.25) is 9.59 Å². The van der Waals surface area contributed by atoms with Crippen molar-refractivity contribution in [2.24, 2.45) is 0 Å². The molecule has 0 aliphatic carbocycles. The summed E-state index contributed by atoms with van der Waals surface area (Å²) in [4.78, 5) is 25.8. The Kier molecular flexibility index (Phi) is 5.99. The number of nitrogens with zero attached hydrogens (tertiary/aromatic N) is 1. The molecule has 24 heavy (non-hydrogen) atoms. The molecule has 4 nitrogen and oxygen atoms in total. The second-order valence-corrected chi connectivity index (χ2v) is 6.29. The molecule has 0 atom stereocenters. The Morgan fingerprint density at radius 2 is 1.83 bits per heavy atom. The molecule has 0 fully saturated rings. The number of benzene rings is 2. The molecule has 2 amide bonds. The monoisotopic (exact) mass is 344 g/mol. The van der Waals surface area contributed by atoms with Crippen LogP contribution in [-0.4, -0.2) is 30.3 Å². The predicted molar refractivity (Wildman–Crippen MR) is 97.3 cm³/mol. The predicted octanol–water partition coefficient (Wildman–Crippen LogP) is 3.60. The molecule has 0 unspecified atom stereocenters. The summed E-state index contributed by atoms with van der Waals surface area (Å²) in [5.41, 5.74) is 3.58. The van der Waals surface area contributed by atoms with Crippen molar-refractivity contribution >= 4 is 29.1 Å². The van der Waals surface area contributed by atoms with E-state index < -0.39 is 0 Å². The number of carbonyl (C=O) groups is 2. The topological polar surface area (TPSA) is 49.4 Å². The van der Waals surface area contributed by atoms with Gasteiger partial charge in [0.2, 0.25) is 11.8 Å². The number of halogens is 1. The molecule has 126 valence electrons. The van der Waals surface area contributed by atoms with Crippen LogP contribution in [-0.2, 0) is 16.0 Å². The van der Waals surface area contributed by atoms with E-state index >= 15 is 0 Å². The number of nitrogens with one attached hydrogen (secondary N) is 1. The third-order valence-corrected chi connectivity index (χ3v) is 4.14. The van der Waals surface area contributed by atoms with E-state index in [1.54, 1.807) is 13.1 Å². The lowest BCUT2D eigenvalue weighted by Gasteiger charge is -2.18. The molecule has 2 aromatic carbocycles. The summed E-state index contributed by atoms with van der Waals surface area (Å²) in [5.74, 6) is -0.377. The van der Waals surface area contributed by atoms with Crippen LogP contribution in [0.1, 0.15) is 16.7 Å². The van der Waals surface area contributed by atoms with E-state index in [4.69, 9.17) is 11.6 Å². The summed E-state index contributed by atoms with van der Waals surface area (Å²) in [6.07, 6.45) is 0.174. The quantitative estimate of drug-likeness (QED) is 0.901. The molecule has 0 aliphatic rings. The molecule has 0 aliphatic heterocycles. The van der Waals surface area contributed by atoms with E-state index in [2.05, 4.69) is 5.32 Å². The van der Waals surface area contributed by atoms with Crippen LogP contribution >= 0.6 is 11.6 Å². The number of anilines is 1. The number of hydrogen-bond acceptors (Lipinski definition) is 2. The number of aryl methyl sites for hydroxylation is 2. The third-order valence-electron chi connectivity index (χ3n) is 3.77. The standard InChI is InChI=1S/C19H21ClN2O2/c1-13-8-9-14(2)17(10-13)21-18(23)12-22(3)19(24)11-15-6-4-5-7-16(15)20/h4-10H,11-12H2,1-3H3,(H,21,23). The minimum atomic E-state index is -0.223. The van der Waals surface area contributed by atoms with Crippen molar-refractivity contribution in [1.29, 1.82) is 0 Å². The zero-order chi connectivity index (χ0) is 17.7. The molecule has 0 saturated heterocycles. The van der Waals surface area contributed by atoms with Crippen molar-refractivity contribution < 1.29 is 9.59 Å². The minimum Gasteiger partial charge on any atom is -0.336 e. The lowest BCUT2D eigenvalue weighted by molar-refractivity contribution is -0.132. The number of hydrogen-bond donors (Lipinski definition) is 1. The molecule has 0 aromatic heterocycles. The third kappa shape index (κ3) is 4.83. The smallest absolute Gasteiger partial charge is 0.243 e. The fourth-order valence-electron chi connectivity index (χ4n) is 2.30. The van der Waals surface area contributed by atoms with Crippen molar-refractivity contribution in [2.45, 2.75) is 20.3 Å². The average molecular weight is 345 g/mol. The summed E-state index contributed by atoms with van der Waals surface area (Å²) in [7, 11) is 1.61. The summed E-state index contributed by atoms with van der Waals surface area (Å²) >= 11 is 6.07. The van der Waals surface area contributed by atoms with E-state index in [0.29, 0.717) is 5.02 Å². The van der Waals surface area contributed by atoms with Crippen LogP contribution < -0.4 is 5.32 Å². The molecule has 0 heterocycles. The van der Waals surface area contributed by atoms with Gasteiger partial charge in [0.05, 0.1) is 13.0 Å². The van der Waals surface area contributed by atoms with Gasteiger partial charge >= 0.3 is 0 Å². The van der Waals surface area contributed by atoms with Gasteiger partial charge < -0.3 is 10.2 Å². The number of carbonyl (C=O) groups excluding carboxylic acids is 2. The Bertz CT molecular complexity index is 759. The van der Waals surface area contributed by atoms with Crippen LogP contribution in [0, 0.1) is 13.8 Å². The number of rotatable bonds is 5. The fourth-order valence-corrected chi connectivity index (χ4v) is 2.51. The van der Waals surface area contributed by atoms with Crippen LogP contribution in [0.15, 0.2) is 42.5 Å². The Morgan fingerprint density at radius 1 is 1.12 bits per heavy atom. The first-order chi connectivity index (χ1) is 11.4. The highest BCUT2D eigenvalue weighted by atomic mass is 35.5. The molecule has 0 spiro atoms. The highest BCUT2D eigenvalue weighted by Gasteiger charge is 2.15. The second kappa shape index (κ2) is 7.97. The van der Waals surface area contributed by atoms with Gasteiger partial charge in [-0.25, -0.2) is 0 Å². The van der Waals surface area contributed by atoms with Gasteiger partial charge in [-0.05, 0) is 42.7 Å². The van der Waals surface area contributed by atoms with Crippen LogP contribution in [0.3, 0.4) is 0 Å². The van der Waals surface area contributed by atoms with Gasteiger partial charge in [0.15, 0.2) is 0 Å². The zero-order valence-corrected chi connectivity index (χ0v) is 14.9. The fraction of sp³-hybridized carbons (Fsp3) is 0.263. The molecule has 1 N–H and O–H groups in total. The lowest BCUT2D eigenvalue weighted by Crippen LogP contribution is -2.36. The summed E-state index contributed by atoms with van der Waals surface area (Å²) in [5, 5.41) is 3.41. The van der Waals surface area contributed by atoms with Crippen molar-refractivity contribution in [1.82, 2.24) is 4.90 Å². The Balaban J connectivity index is 1.94. The summed E-state index contributed by atoms with van der Waals surface area (Å²) < 4.78 is 0.